The molecule has 1 N–H and O–H groups in total. The summed E-state index contributed by atoms with van der Waals surface area (Å²) in [5.41, 5.74) is 2.21. The van der Waals surface area contributed by atoms with Gasteiger partial charge in [-0.25, -0.2) is 4.79 Å². The molecule has 0 saturated carbocycles. The van der Waals surface area contributed by atoms with E-state index in [0.29, 0.717) is 44.4 Å². The second-order valence-corrected chi connectivity index (χ2v) is 9.23. The molecule has 2 amide bonds. The van der Waals surface area contributed by atoms with Crippen LogP contribution in [0, 0.1) is 0 Å². The molecular weight excluding hydrogens is 516 g/mol. The van der Waals surface area contributed by atoms with Gasteiger partial charge in [0, 0.05) is 37.7 Å². The highest BCUT2D eigenvalue weighted by Gasteiger charge is 2.25. The smallest absolute Gasteiger partial charge is 0.387 e. The first-order valence-electron chi connectivity index (χ1n) is 12.2. The van der Waals surface area contributed by atoms with Gasteiger partial charge in [0.2, 0.25) is 0 Å². The number of hydrogen-bond donors (Lipinski definition) is 1. The number of benzene rings is 3. The molecule has 38 heavy (non-hydrogen) atoms. The lowest BCUT2D eigenvalue weighted by Crippen LogP contribution is -2.50. The number of nitrogens with zero attached hydrogens (tertiary/aromatic N) is 2. The van der Waals surface area contributed by atoms with Crippen LogP contribution in [0.1, 0.15) is 17.2 Å². The summed E-state index contributed by atoms with van der Waals surface area (Å²) >= 11 is 6.10. The van der Waals surface area contributed by atoms with E-state index >= 15 is 0 Å². The third kappa shape index (κ3) is 7.80. The summed E-state index contributed by atoms with van der Waals surface area (Å²) in [7, 11) is 1.63. The van der Waals surface area contributed by atoms with Gasteiger partial charge in [0.05, 0.1) is 25.5 Å². The fourth-order valence-corrected chi connectivity index (χ4v) is 4.35. The largest absolute Gasteiger partial charge is 0.497 e. The summed E-state index contributed by atoms with van der Waals surface area (Å²) in [6.45, 7) is 0.292. The quantitative estimate of drug-likeness (QED) is 0.336. The van der Waals surface area contributed by atoms with Gasteiger partial charge in [-0.2, -0.15) is 8.78 Å². The van der Waals surface area contributed by atoms with E-state index in [2.05, 4.69) is 15.0 Å². The van der Waals surface area contributed by atoms with Crippen molar-refractivity contribution in [2.75, 3.05) is 45.2 Å². The van der Waals surface area contributed by atoms with E-state index in [1.54, 1.807) is 24.1 Å². The van der Waals surface area contributed by atoms with E-state index in [1.165, 1.54) is 12.1 Å². The van der Waals surface area contributed by atoms with Crippen LogP contribution in [0.25, 0.3) is 0 Å². The number of methoxy groups -OCH3 is 1. The molecule has 0 aromatic heterocycles. The summed E-state index contributed by atoms with van der Waals surface area (Å²) < 4.78 is 41.6. The Bertz CT molecular complexity index is 1190. The lowest BCUT2D eigenvalue weighted by molar-refractivity contribution is -0.0493. The Hall–Kier alpha value is -3.40. The van der Waals surface area contributed by atoms with Crippen LogP contribution in [-0.2, 0) is 11.3 Å². The molecule has 0 radical (unpaired) electrons. The number of ether oxygens (including phenoxy) is 3. The van der Waals surface area contributed by atoms with Crippen LogP contribution in [-0.4, -0.2) is 62.3 Å². The molecule has 1 fully saturated rings. The number of piperazine rings is 1. The van der Waals surface area contributed by atoms with Crippen LogP contribution >= 0.6 is 11.6 Å². The van der Waals surface area contributed by atoms with Gasteiger partial charge in [0.1, 0.15) is 11.5 Å². The van der Waals surface area contributed by atoms with Crippen LogP contribution < -0.4 is 14.8 Å². The van der Waals surface area contributed by atoms with Gasteiger partial charge in [0.25, 0.3) is 0 Å². The Kier molecular flexibility index (Phi) is 9.75. The van der Waals surface area contributed by atoms with E-state index in [-0.39, 0.29) is 23.6 Å². The Labute approximate surface area is 225 Å². The lowest BCUT2D eigenvalue weighted by atomic mass is 10.1. The van der Waals surface area contributed by atoms with Gasteiger partial charge in [-0.1, -0.05) is 48.0 Å². The molecule has 3 aromatic rings. The van der Waals surface area contributed by atoms with Crippen molar-refractivity contribution in [1.29, 1.82) is 0 Å². The van der Waals surface area contributed by atoms with Crippen molar-refractivity contribution in [2.45, 2.75) is 19.3 Å². The van der Waals surface area contributed by atoms with Gasteiger partial charge in [-0.05, 0) is 47.5 Å². The van der Waals surface area contributed by atoms with Gasteiger partial charge in [-0.3, -0.25) is 4.90 Å². The average Bonchev–Trinajstić information content (AvgIpc) is 2.93. The fraction of sp³-hybridized carbons (Fsp3) is 0.321. The fourth-order valence-electron chi connectivity index (χ4n) is 4.22. The zero-order valence-corrected chi connectivity index (χ0v) is 21.7. The Morgan fingerprint density at radius 2 is 1.74 bits per heavy atom. The summed E-state index contributed by atoms with van der Waals surface area (Å²) in [5.74, 6) is 0.695. The Morgan fingerprint density at radius 3 is 2.45 bits per heavy atom. The van der Waals surface area contributed by atoms with Gasteiger partial charge in [0.15, 0.2) is 0 Å². The van der Waals surface area contributed by atoms with Gasteiger partial charge in [-0.15, -0.1) is 0 Å². The maximum Gasteiger partial charge on any atom is 0.387 e. The van der Waals surface area contributed by atoms with Crippen molar-refractivity contribution >= 4 is 23.3 Å². The molecule has 1 atom stereocenters. The number of nitrogens with one attached hydrogen (secondary N) is 1. The minimum absolute atomic E-state index is 0.0755. The molecule has 0 aliphatic carbocycles. The SMILES string of the molecule is COc1cccc(COC(CN2CCN(C(=O)Nc3ccccc3OC(F)F)CC2)c2ccc(Cl)cc2)c1. The van der Waals surface area contributed by atoms with Gasteiger partial charge < -0.3 is 24.4 Å². The minimum atomic E-state index is -2.98. The first kappa shape index (κ1) is 27.6. The molecule has 3 aromatic carbocycles. The number of anilines is 1. The van der Waals surface area contributed by atoms with E-state index in [9.17, 15) is 13.6 Å². The predicted molar refractivity (Wildman–Crippen MR) is 142 cm³/mol. The number of rotatable bonds is 10. The molecule has 1 heterocycles. The van der Waals surface area contributed by atoms with Crippen molar-refractivity contribution in [2.24, 2.45) is 0 Å². The second-order valence-electron chi connectivity index (χ2n) is 8.80. The average molecular weight is 546 g/mol. The summed E-state index contributed by atoms with van der Waals surface area (Å²) in [4.78, 5) is 16.7. The molecular formula is C28H30ClF2N3O4. The summed E-state index contributed by atoms with van der Waals surface area (Å²) in [6.07, 6.45) is -0.211. The highest BCUT2D eigenvalue weighted by molar-refractivity contribution is 6.30. The molecule has 10 heteroatoms. The number of carbonyl (C=O) groups is 1. The summed E-state index contributed by atoms with van der Waals surface area (Å²) in [6, 6.07) is 21.1. The molecule has 7 nitrogen and oxygen atoms in total. The van der Waals surface area contributed by atoms with Crippen molar-refractivity contribution < 1.29 is 27.8 Å². The maximum atomic E-state index is 12.8. The topological polar surface area (TPSA) is 63.3 Å². The second kappa shape index (κ2) is 13.4. The zero-order valence-electron chi connectivity index (χ0n) is 21.0. The Morgan fingerprint density at radius 1 is 1.00 bits per heavy atom. The van der Waals surface area contributed by atoms with E-state index in [4.69, 9.17) is 21.1 Å². The molecule has 1 aliphatic rings. The molecule has 202 valence electrons. The molecule has 0 bridgehead atoms. The van der Waals surface area contributed by atoms with Crippen molar-refractivity contribution in [3.8, 4) is 11.5 Å². The van der Waals surface area contributed by atoms with Crippen LogP contribution in [0.3, 0.4) is 0 Å². The number of amides is 2. The molecule has 1 unspecified atom stereocenters. The van der Waals surface area contributed by atoms with Crippen molar-refractivity contribution in [3.05, 3.63) is 88.9 Å². The number of urea groups is 1. The molecule has 1 saturated heterocycles. The first-order chi connectivity index (χ1) is 18.4. The number of hydrogen-bond acceptors (Lipinski definition) is 5. The minimum Gasteiger partial charge on any atom is -0.497 e. The lowest BCUT2D eigenvalue weighted by Gasteiger charge is -2.36. The van der Waals surface area contributed by atoms with Crippen LogP contribution in [0.2, 0.25) is 5.02 Å². The van der Waals surface area contributed by atoms with Crippen LogP contribution in [0.5, 0.6) is 11.5 Å². The van der Waals surface area contributed by atoms with Gasteiger partial charge >= 0.3 is 12.6 Å². The third-order valence-corrected chi connectivity index (χ3v) is 6.51. The summed E-state index contributed by atoms with van der Waals surface area (Å²) in [5, 5.41) is 3.34. The highest BCUT2D eigenvalue weighted by Crippen LogP contribution is 2.27. The molecule has 0 spiro atoms. The normalized spacial score (nSPS) is 14.8. The predicted octanol–water partition coefficient (Wildman–Crippen LogP) is 6.06. The zero-order chi connectivity index (χ0) is 26.9. The highest BCUT2D eigenvalue weighted by atomic mass is 35.5. The first-order valence-corrected chi connectivity index (χ1v) is 12.6. The standard InChI is InChI=1S/C28H30ClF2N3O4/c1-36-23-6-4-5-20(17-23)19-37-26(21-9-11-22(29)12-10-21)18-33-13-15-34(16-14-33)28(35)32-24-7-2-3-8-25(24)38-27(30)31/h2-12,17,26-27H,13-16,18-19H2,1H3,(H,32,35). The monoisotopic (exact) mass is 545 g/mol. The number of alkyl halides is 2. The van der Waals surface area contributed by atoms with Crippen molar-refractivity contribution in [1.82, 2.24) is 9.80 Å². The maximum absolute atomic E-state index is 12.8. The third-order valence-electron chi connectivity index (χ3n) is 6.26. The molecule has 1 aliphatic heterocycles. The van der Waals surface area contributed by atoms with E-state index < -0.39 is 6.61 Å². The van der Waals surface area contributed by atoms with Crippen LogP contribution in [0.4, 0.5) is 19.3 Å². The van der Waals surface area contributed by atoms with Crippen molar-refractivity contribution in [3.63, 3.8) is 0 Å². The number of halogens is 3. The number of para-hydroxylation sites is 2. The number of carbonyl (C=O) groups excluding carboxylic acids is 1. The van der Waals surface area contributed by atoms with E-state index in [1.807, 2.05) is 48.5 Å². The Balaban J connectivity index is 1.35. The molecule has 4 rings (SSSR count). The van der Waals surface area contributed by atoms with E-state index in [0.717, 1.165) is 16.9 Å². The van der Waals surface area contributed by atoms with Crippen LogP contribution in [0.15, 0.2) is 72.8 Å².